The zero-order chi connectivity index (χ0) is 13.5. The van der Waals surface area contributed by atoms with Crippen molar-refractivity contribution in [2.24, 2.45) is 5.10 Å². The highest BCUT2D eigenvalue weighted by Gasteiger charge is 2.24. The number of hydrogen-bond acceptors (Lipinski definition) is 5. The topological polar surface area (TPSA) is 108 Å². The number of carboxylic acid groups (broad SMARTS) is 1. The van der Waals surface area contributed by atoms with Crippen molar-refractivity contribution in [3.8, 4) is 0 Å². The summed E-state index contributed by atoms with van der Waals surface area (Å²) in [7, 11) is 0. The summed E-state index contributed by atoms with van der Waals surface area (Å²) in [6, 6.07) is -0.926. The molecule has 0 bridgehead atoms. The molecule has 2 amide bonds. The van der Waals surface area contributed by atoms with Gasteiger partial charge in [0, 0.05) is 12.8 Å². The normalized spacial score (nSPS) is 16.5. The van der Waals surface area contributed by atoms with Gasteiger partial charge in [-0.05, 0) is 18.4 Å². The fourth-order valence-electron chi connectivity index (χ4n) is 1.37. The maximum absolute atomic E-state index is 11.7. The highest BCUT2D eigenvalue weighted by molar-refractivity contribution is 7.98. The van der Waals surface area contributed by atoms with Crippen LogP contribution in [0.1, 0.15) is 19.3 Å². The van der Waals surface area contributed by atoms with Crippen LogP contribution in [0.3, 0.4) is 0 Å². The summed E-state index contributed by atoms with van der Waals surface area (Å²) in [5.41, 5.74) is 2.35. The quantitative estimate of drug-likeness (QED) is 0.609. The van der Waals surface area contributed by atoms with E-state index in [0.717, 1.165) is 0 Å². The van der Waals surface area contributed by atoms with Crippen LogP contribution in [-0.4, -0.2) is 46.7 Å². The zero-order valence-electron chi connectivity index (χ0n) is 9.93. The van der Waals surface area contributed by atoms with E-state index in [-0.39, 0.29) is 24.5 Å². The molecule has 0 fully saturated rings. The van der Waals surface area contributed by atoms with Gasteiger partial charge in [-0.15, -0.1) is 0 Å². The number of nitrogens with one attached hydrogen (secondary N) is 2. The van der Waals surface area contributed by atoms with Gasteiger partial charge < -0.3 is 10.4 Å². The van der Waals surface area contributed by atoms with Crippen molar-refractivity contribution in [1.29, 1.82) is 0 Å². The molecule has 0 saturated heterocycles. The van der Waals surface area contributed by atoms with Crippen molar-refractivity contribution in [3.05, 3.63) is 0 Å². The summed E-state index contributed by atoms with van der Waals surface area (Å²) in [5.74, 6) is -1.22. The Morgan fingerprint density at radius 2 is 2.28 bits per heavy atom. The lowest BCUT2D eigenvalue weighted by Gasteiger charge is -2.16. The van der Waals surface area contributed by atoms with Crippen LogP contribution < -0.4 is 10.7 Å². The van der Waals surface area contributed by atoms with Gasteiger partial charge in [0.25, 0.3) is 5.91 Å². The van der Waals surface area contributed by atoms with E-state index in [1.54, 1.807) is 0 Å². The number of hydrazone groups is 1. The standard InChI is InChI=1S/C10H15N3O4S/c1-18-5-4-7(10(16)17)11-9(15)6-2-3-8(14)13-12-6/h7H,2-5H2,1H3,(H,11,15)(H,13,14)(H,16,17)/t7-/m0/s1. The predicted octanol–water partition coefficient (Wildman–Crippen LogP) is -0.425. The lowest BCUT2D eigenvalue weighted by Crippen LogP contribution is -2.45. The minimum absolute atomic E-state index is 0.157. The van der Waals surface area contributed by atoms with Gasteiger partial charge in [-0.3, -0.25) is 9.59 Å². The van der Waals surface area contributed by atoms with E-state index >= 15 is 0 Å². The molecule has 1 atom stereocenters. The van der Waals surface area contributed by atoms with Crippen LogP contribution in [0.25, 0.3) is 0 Å². The molecule has 100 valence electrons. The van der Waals surface area contributed by atoms with Crippen LogP contribution in [0, 0.1) is 0 Å². The monoisotopic (exact) mass is 273 g/mol. The molecule has 3 N–H and O–H groups in total. The molecule has 0 aromatic rings. The van der Waals surface area contributed by atoms with Crippen molar-refractivity contribution < 1.29 is 19.5 Å². The summed E-state index contributed by atoms with van der Waals surface area (Å²) >= 11 is 1.51. The van der Waals surface area contributed by atoms with Crippen LogP contribution in [0.2, 0.25) is 0 Å². The molecule has 0 aromatic heterocycles. The minimum atomic E-state index is -1.07. The Bertz CT molecular complexity index is 383. The van der Waals surface area contributed by atoms with Crippen molar-refractivity contribution in [1.82, 2.24) is 10.7 Å². The van der Waals surface area contributed by atoms with Gasteiger partial charge in [-0.2, -0.15) is 16.9 Å². The second kappa shape index (κ2) is 7.00. The summed E-state index contributed by atoms with van der Waals surface area (Å²) < 4.78 is 0. The molecule has 7 nitrogen and oxygen atoms in total. The van der Waals surface area contributed by atoms with E-state index in [9.17, 15) is 14.4 Å². The van der Waals surface area contributed by atoms with Gasteiger partial charge in [0.05, 0.1) is 0 Å². The van der Waals surface area contributed by atoms with Crippen LogP contribution in [0.15, 0.2) is 5.10 Å². The fraction of sp³-hybridized carbons (Fsp3) is 0.600. The fourth-order valence-corrected chi connectivity index (χ4v) is 1.84. The number of carbonyl (C=O) groups is 3. The minimum Gasteiger partial charge on any atom is -0.480 e. The van der Waals surface area contributed by atoms with Crippen LogP contribution in [0.4, 0.5) is 0 Å². The van der Waals surface area contributed by atoms with E-state index in [1.807, 2.05) is 6.26 Å². The zero-order valence-corrected chi connectivity index (χ0v) is 10.7. The number of carbonyl (C=O) groups excluding carboxylic acids is 2. The van der Waals surface area contributed by atoms with Crippen LogP contribution in [0.5, 0.6) is 0 Å². The van der Waals surface area contributed by atoms with Gasteiger partial charge in [-0.25, -0.2) is 10.2 Å². The number of nitrogens with zero attached hydrogens (tertiary/aromatic N) is 1. The first-order valence-corrected chi connectivity index (χ1v) is 6.82. The van der Waals surface area contributed by atoms with E-state index < -0.39 is 17.9 Å². The predicted molar refractivity (Wildman–Crippen MR) is 67.4 cm³/mol. The first-order chi connectivity index (χ1) is 8.54. The molecule has 1 aliphatic rings. The molecule has 0 aliphatic carbocycles. The Morgan fingerprint density at radius 3 is 2.78 bits per heavy atom. The Hall–Kier alpha value is -1.57. The molecule has 8 heteroatoms. The first kappa shape index (κ1) is 14.5. The molecular weight excluding hydrogens is 258 g/mol. The molecular formula is C10H15N3O4S. The number of carboxylic acids is 1. The molecule has 1 aliphatic heterocycles. The molecule has 1 rings (SSSR count). The van der Waals surface area contributed by atoms with Crippen LogP contribution >= 0.6 is 11.8 Å². The lowest BCUT2D eigenvalue weighted by molar-refractivity contribution is -0.141. The number of amides is 2. The van der Waals surface area contributed by atoms with Crippen LogP contribution in [-0.2, 0) is 14.4 Å². The SMILES string of the molecule is CSCC[C@H](NC(=O)C1=NNC(=O)CC1)C(=O)O. The van der Waals surface area contributed by atoms with Crippen molar-refractivity contribution >= 4 is 35.3 Å². The largest absolute Gasteiger partial charge is 0.480 e. The third-order valence-electron chi connectivity index (χ3n) is 2.38. The number of thioether (sulfide) groups is 1. The van der Waals surface area contributed by atoms with Gasteiger partial charge in [0.1, 0.15) is 11.8 Å². The molecule has 0 radical (unpaired) electrons. The van der Waals surface area contributed by atoms with E-state index in [0.29, 0.717) is 12.2 Å². The number of aliphatic carboxylic acids is 1. The maximum Gasteiger partial charge on any atom is 0.326 e. The Kier molecular flexibility index (Phi) is 5.63. The Balaban J connectivity index is 2.55. The van der Waals surface area contributed by atoms with Gasteiger partial charge >= 0.3 is 5.97 Å². The van der Waals surface area contributed by atoms with E-state index in [1.165, 1.54) is 11.8 Å². The van der Waals surface area contributed by atoms with Crippen molar-refractivity contribution in [2.75, 3.05) is 12.0 Å². The van der Waals surface area contributed by atoms with Crippen molar-refractivity contribution in [2.45, 2.75) is 25.3 Å². The highest BCUT2D eigenvalue weighted by Crippen LogP contribution is 2.03. The lowest BCUT2D eigenvalue weighted by atomic mass is 10.1. The Morgan fingerprint density at radius 1 is 1.56 bits per heavy atom. The van der Waals surface area contributed by atoms with E-state index in [4.69, 9.17) is 5.11 Å². The second-order valence-corrected chi connectivity index (χ2v) is 4.72. The van der Waals surface area contributed by atoms with Crippen molar-refractivity contribution in [3.63, 3.8) is 0 Å². The molecule has 0 aromatic carbocycles. The third-order valence-corrected chi connectivity index (χ3v) is 3.02. The summed E-state index contributed by atoms with van der Waals surface area (Å²) in [6.07, 6.45) is 2.63. The van der Waals surface area contributed by atoms with Gasteiger partial charge in [-0.1, -0.05) is 0 Å². The van der Waals surface area contributed by atoms with E-state index in [2.05, 4.69) is 15.8 Å². The highest BCUT2D eigenvalue weighted by atomic mass is 32.2. The smallest absolute Gasteiger partial charge is 0.326 e. The first-order valence-electron chi connectivity index (χ1n) is 5.42. The third kappa shape index (κ3) is 4.36. The molecule has 0 unspecified atom stereocenters. The summed E-state index contributed by atoms with van der Waals surface area (Å²) in [5, 5.41) is 15.0. The average Bonchev–Trinajstić information content (AvgIpc) is 2.34. The van der Waals surface area contributed by atoms with Gasteiger partial charge in [0.15, 0.2) is 0 Å². The molecule has 18 heavy (non-hydrogen) atoms. The summed E-state index contributed by atoms with van der Waals surface area (Å²) in [4.78, 5) is 33.5. The maximum atomic E-state index is 11.7. The number of hydrogen-bond donors (Lipinski definition) is 3. The summed E-state index contributed by atoms with van der Waals surface area (Å²) in [6.45, 7) is 0. The Labute approximate surface area is 108 Å². The van der Waals surface area contributed by atoms with Gasteiger partial charge in [0.2, 0.25) is 5.91 Å². The molecule has 0 saturated carbocycles. The second-order valence-electron chi connectivity index (χ2n) is 3.74. The average molecular weight is 273 g/mol. The molecule has 0 spiro atoms. The number of rotatable bonds is 6. The molecule has 1 heterocycles.